The first-order chi connectivity index (χ1) is 12.9. The zero-order chi connectivity index (χ0) is 19.6. The van der Waals surface area contributed by atoms with Gasteiger partial charge in [0.05, 0.1) is 30.7 Å². The van der Waals surface area contributed by atoms with Gasteiger partial charge in [-0.15, -0.1) is 0 Å². The van der Waals surface area contributed by atoms with Crippen LogP contribution in [0.25, 0.3) is 6.08 Å². The fourth-order valence-corrected chi connectivity index (χ4v) is 3.98. The Morgan fingerprint density at radius 3 is 2.48 bits per heavy atom. The predicted octanol–water partition coefficient (Wildman–Crippen LogP) is 5.36. The van der Waals surface area contributed by atoms with Gasteiger partial charge >= 0.3 is 0 Å². The van der Waals surface area contributed by atoms with Crippen LogP contribution in [0.4, 0.5) is 4.79 Å². The van der Waals surface area contributed by atoms with E-state index in [1.54, 1.807) is 18.2 Å². The number of ether oxygens (including phenoxy) is 2. The Kier molecular flexibility index (Phi) is 6.14. The van der Waals surface area contributed by atoms with Gasteiger partial charge in [0, 0.05) is 4.47 Å². The Hall–Kier alpha value is -1.96. The molecule has 27 heavy (non-hydrogen) atoms. The van der Waals surface area contributed by atoms with Gasteiger partial charge in [0.15, 0.2) is 11.5 Å². The van der Waals surface area contributed by atoms with E-state index in [0.717, 1.165) is 21.8 Å². The molecule has 2 aromatic carbocycles. The minimum Gasteiger partial charge on any atom is -0.493 e. The van der Waals surface area contributed by atoms with Crippen molar-refractivity contribution in [3.63, 3.8) is 0 Å². The van der Waals surface area contributed by atoms with E-state index < -0.39 is 0 Å². The van der Waals surface area contributed by atoms with E-state index in [1.807, 2.05) is 24.3 Å². The molecule has 1 aliphatic rings. The molecule has 0 aliphatic carbocycles. The van der Waals surface area contributed by atoms with Gasteiger partial charge in [-0.3, -0.25) is 14.5 Å². The Bertz CT molecular complexity index is 930. The molecule has 0 unspecified atom stereocenters. The van der Waals surface area contributed by atoms with Crippen LogP contribution in [0.15, 0.2) is 45.8 Å². The van der Waals surface area contributed by atoms with Crippen LogP contribution >= 0.6 is 39.3 Å². The Balaban J connectivity index is 1.86. The van der Waals surface area contributed by atoms with Gasteiger partial charge in [-0.05, 0) is 53.2 Å². The van der Waals surface area contributed by atoms with Crippen LogP contribution in [0.3, 0.4) is 0 Å². The van der Waals surface area contributed by atoms with Crippen molar-refractivity contribution in [3.05, 3.63) is 61.9 Å². The molecule has 0 aromatic heterocycles. The maximum atomic E-state index is 12.7. The maximum Gasteiger partial charge on any atom is 0.293 e. The molecule has 2 aromatic rings. The summed E-state index contributed by atoms with van der Waals surface area (Å²) in [6.45, 7) is 0.224. The molecule has 2 amide bonds. The van der Waals surface area contributed by atoms with E-state index in [9.17, 15) is 9.59 Å². The number of imide groups is 1. The summed E-state index contributed by atoms with van der Waals surface area (Å²) in [7, 11) is 3.00. The molecular weight excluding hydrogens is 454 g/mol. The summed E-state index contributed by atoms with van der Waals surface area (Å²) in [5.41, 5.74) is 1.52. The van der Waals surface area contributed by atoms with Crippen molar-refractivity contribution < 1.29 is 19.1 Å². The Labute approximate surface area is 174 Å². The second kappa shape index (κ2) is 8.37. The van der Waals surface area contributed by atoms with Crippen LogP contribution in [0, 0.1) is 0 Å². The summed E-state index contributed by atoms with van der Waals surface area (Å²) in [6.07, 6.45) is 1.63. The molecular formula is C19H15BrClNO4S. The van der Waals surface area contributed by atoms with Crippen LogP contribution in [0.5, 0.6) is 11.5 Å². The zero-order valence-corrected chi connectivity index (χ0v) is 17.7. The van der Waals surface area contributed by atoms with E-state index in [2.05, 4.69) is 15.9 Å². The smallest absolute Gasteiger partial charge is 0.293 e. The second-order valence-corrected chi connectivity index (χ2v) is 7.95. The van der Waals surface area contributed by atoms with Gasteiger partial charge in [-0.25, -0.2) is 0 Å². The number of nitrogens with zero attached hydrogens (tertiary/aromatic N) is 1. The van der Waals surface area contributed by atoms with Crippen LogP contribution in [-0.2, 0) is 11.3 Å². The van der Waals surface area contributed by atoms with Crippen LogP contribution in [0.2, 0.25) is 5.02 Å². The first-order valence-corrected chi connectivity index (χ1v) is 9.83. The monoisotopic (exact) mass is 467 g/mol. The van der Waals surface area contributed by atoms with Crippen molar-refractivity contribution in [2.45, 2.75) is 6.54 Å². The van der Waals surface area contributed by atoms with Crippen molar-refractivity contribution in [1.29, 1.82) is 0 Å². The van der Waals surface area contributed by atoms with Crippen molar-refractivity contribution in [3.8, 4) is 11.5 Å². The predicted molar refractivity (Wildman–Crippen MR) is 110 cm³/mol. The number of carbonyl (C=O) groups is 2. The first kappa shape index (κ1) is 19.8. The van der Waals surface area contributed by atoms with E-state index in [0.29, 0.717) is 27.0 Å². The van der Waals surface area contributed by atoms with Gasteiger partial charge in [0.2, 0.25) is 0 Å². The molecule has 1 aliphatic heterocycles. The van der Waals surface area contributed by atoms with Gasteiger partial charge in [0.25, 0.3) is 11.1 Å². The molecule has 140 valence electrons. The third kappa shape index (κ3) is 4.31. The fourth-order valence-electron chi connectivity index (χ4n) is 2.58. The number of methoxy groups -OCH3 is 2. The molecule has 8 heteroatoms. The Morgan fingerprint density at radius 2 is 1.85 bits per heavy atom. The van der Waals surface area contributed by atoms with Gasteiger partial charge in [-0.2, -0.15) is 0 Å². The number of carbonyl (C=O) groups excluding carboxylic acids is 2. The third-order valence-corrected chi connectivity index (χ3v) is 5.60. The lowest BCUT2D eigenvalue weighted by atomic mass is 10.1. The van der Waals surface area contributed by atoms with Gasteiger partial charge < -0.3 is 9.47 Å². The van der Waals surface area contributed by atoms with E-state index in [1.165, 1.54) is 19.1 Å². The number of hydrogen-bond donors (Lipinski definition) is 0. The van der Waals surface area contributed by atoms with Gasteiger partial charge in [0.1, 0.15) is 0 Å². The molecule has 1 fully saturated rings. The highest BCUT2D eigenvalue weighted by molar-refractivity contribution is 9.10. The molecule has 0 saturated carbocycles. The summed E-state index contributed by atoms with van der Waals surface area (Å²) in [6, 6.07) is 10.8. The molecule has 1 heterocycles. The largest absolute Gasteiger partial charge is 0.493 e. The van der Waals surface area contributed by atoms with Crippen molar-refractivity contribution in [1.82, 2.24) is 4.90 Å². The topological polar surface area (TPSA) is 55.8 Å². The number of benzene rings is 2. The molecule has 3 rings (SSSR count). The lowest BCUT2D eigenvalue weighted by Gasteiger charge is -2.12. The van der Waals surface area contributed by atoms with Crippen LogP contribution in [0.1, 0.15) is 11.1 Å². The molecule has 0 atom stereocenters. The van der Waals surface area contributed by atoms with Crippen LogP contribution in [-0.4, -0.2) is 30.3 Å². The highest BCUT2D eigenvalue weighted by Gasteiger charge is 2.35. The summed E-state index contributed by atoms with van der Waals surface area (Å²) >= 11 is 10.5. The van der Waals surface area contributed by atoms with E-state index in [4.69, 9.17) is 21.1 Å². The minimum absolute atomic E-state index is 0.224. The number of halogens is 2. The Morgan fingerprint density at radius 1 is 1.15 bits per heavy atom. The van der Waals surface area contributed by atoms with Crippen molar-refractivity contribution in [2.24, 2.45) is 0 Å². The molecule has 5 nitrogen and oxygen atoms in total. The average molecular weight is 469 g/mol. The molecule has 1 saturated heterocycles. The summed E-state index contributed by atoms with van der Waals surface area (Å²) in [5, 5.41) is 0.0536. The SMILES string of the molecule is COc1cc(/C=C2\SC(=O)N(Cc3ccc(Br)cc3)C2=O)cc(Cl)c1OC. The zero-order valence-electron chi connectivity index (χ0n) is 14.5. The molecule has 0 radical (unpaired) electrons. The van der Waals surface area contributed by atoms with Gasteiger partial charge in [-0.1, -0.05) is 39.7 Å². The fraction of sp³-hybridized carbons (Fsp3) is 0.158. The van der Waals surface area contributed by atoms with E-state index >= 15 is 0 Å². The number of hydrogen-bond acceptors (Lipinski definition) is 5. The van der Waals surface area contributed by atoms with Crippen molar-refractivity contribution >= 4 is 56.5 Å². The van der Waals surface area contributed by atoms with Crippen LogP contribution < -0.4 is 9.47 Å². The quantitative estimate of drug-likeness (QED) is 0.553. The first-order valence-electron chi connectivity index (χ1n) is 7.84. The number of amides is 2. The highest BCUT2D eigenvalue weighted by atomic mass is 79.9. The minimum atomic E-state index is -0.334. The normalized spacial score (nSPS) is 15.6. The lowest BCUT2D eigenvalue weighted by molar-refractivity contribution is -0.123. The highest BCUT2D eigenvalue weighted by Crippen LogP contribution is 2.38. The molecule has 0 N–H and O–H groups in total. The standard InChI is InChI=1S/C19H15BrClNO4S/c1-25-15-8-12(7-14(21)17(15)26-2)9-16-18(23)22(19(24)27-16)10-11-3-5-13(20)6-4-11/h3-9H,10H2,1-2H3/b16-9-. The van der Waals surface area contributed by atoms with Crippen molar-refractivity contribution in [2.75, 3.05) is 14.2 Å². The average Bonchev–Trinajstić information content (AvgIpc) is 2.90. The number of rotatable bonds is 5. The second-order valence-electron chi connectivity index (χ2n) is 5.63. The summed E-state index contributed by atoms with van der Waals surface area (Å²) in [5.74, 6) is 0.531. The maximum absolute atomic E-state index is 12.7. The van der Waals surface area contributed by atoms with E-state index in [-0.39, 0.29) is 17.7 Å². The third-order valence-electron chi connectivity index (χ3n) is 3.88. The summed E-state index contributed by atoms with van der Waals surface area (Å²) < 4.78 is 11.4. The summed E-state index contributed by atoms with van der Waals surface area (Å²) in [4.78, 5) is 26.5. The molecule has 0 bridgehead atoms. The number of thioether (sulfide) groups is 1. The molecule has 0 spiro atoms. The lowest BCUT2D eigenvalue weighted by Crippen LogP contribution is -2.27.